The van der Waals surface area contributed by atoms with Gasteiger partial charge in [0.2, 0.25) is 0 Å². The number of benzene rings is 1. The number of ketones is 1. The van der Waals surface area contributed by atoms with Gasteiger partial charge in [0.1, 0.15) is 0 Å². The predicted molar refractivity (Wildman–Crippen MR) is 58.1 cm³/mol. The van der Waals surface area contributed by atoms with Crippen molar-refractivity contribution in [2.24, 2.45) is 0 Å². The van der Waals surface area contributed by atoms with Crippen molar-refractivity contribution in [1.29, 1.82) is 0 Å². The zero-order chi connectivity index (χ0) is 11.4. The van der Waals surface area contributed by atoms with Gasteiger partial charge in [0, 0.05) is 23.0 Å². The Morgan fingerprint density at radius 2 is 1.87 bits per heavy atom. The lowest BCUT2D eigenvalue weighted by Gasteiger charge is -2.09. The van der Waals surface area contributed by atoms with Crippen molar-refractivity contribution in [3.8, 4) is 0 Å². The first-order chi connectivity index (χ1) is 7.00. The Morgan fingerprint density at radius 1 is 1.33 bits per heavy atom. The maximum absolute atomic E-state index is 11.6. The average molecular weight is 291 g/mol. The van der Waals surface area contributed by atoms with Crippen LogP contribution in [0, 0.1) is 0 Å². The van der Waals surface area contributed by atoms with Crippen LogP contribution in [-0.2, 0) is 4.79 Å². The number of hydrogen-bond acceptors (Lipinski definition) is 3. The summed E-state index contributed by atoms with van der Waals surface area (Å²) in [7, 11) is 0. The molecule has 1 aromatic rings. The van der Waals surface area contributed by atoms with Gasteiger partial charge >= 0.3 is 0 Å². The third-order valence-corrected chi connectivity index (χ3v) is 2.75. The summed E-state index contributed by atoms with van der Waals surface area (Å²) in [5, 5.41) is 10.8. The van der Waals surface area contributed by atoms with Gasteiger partial charge in [0.05, 0.1) is 4.83 Å². The van der Waals surface area contributed by atoms with E-state index in [1.807, 2.05) is 0 Å². The molecule has 5 heteroatoms. The second-order valence-corrected chi connectivity index (χ2v) is 4.46. The second-order valence-electron chi connectivity index (χ2n) is 2.91. The number of carboxylic acid groups (broad SMARTS) is 1. The van der Waals surface area contributed by atoms with Crippen molar-refractivity contribution in [2.45, 2.75) is 11.2 Å². The van der Waals surface area contributed by atoms with E-state index in [-0.39, 0.29) is 12.2 Å². The number of alkyl halides is 1. The lowest BCUT2D eigenvalue weighted by molar-refractivity contribution is -0.305. The molecule has 3 nitrogen and oxygen atoms in total. The smallest absolute Gasteiger partial charge is 0.176 e. The van der Waals surface area contributed by atoms with Crippen LogP contribution in [0.1, 0.15) is 16.8 Å². The summed E-state index contributed by atoms with van der Waals surface area (Å²) in [4.78, 5) is 21.1. The van der Waals surface area contributed by atoms with Gasteiger partial charge in [-0.1, -0.05) is 27.5 Å². The summed E-state index contributed by atoms with van der Waals surface area (Å²) in [6, 6.07) is 6.25. The monoisotopic (exact) mass is 289 g/mol. The van der Waals surface area contributed by atoms with Gasteiger partial charge in [0.25, 0.3) is 0 Å². The Kier molecular flexibility index (Phi) is 4.29. The van der Waals surface area contributed by atoms with Crippen molar-refractivity contribution >= 4 is 39.3 Å². The number of carbonyl (C=O) groups is 2. The molecule has 0 saturated carbocycles. The molecule has 0 unspecified atom stereocenters. The van der Waals surface area contributed by atoms with E-state index in [1.54, 1.807) is 24.3 Å². The molecule has 0 aliphatic carbocycles. The Bertz CT molecular complexity index is 375. The lowest BCUT2D eigenvalue weighted by Crippen LogP contribution is -2.28. The third kappa shape index (κ3) is 3.64. The number of carbonyl (C=O) groups excluding carboxylic acids is 2. The first-order valence-corrected chi connectivity index (χ1v) is 5.44. The molecular formula is C10H7BrClO3-. The highest BCUT2D eigenvalue weighted by molar-refractivity contribution is 9.10. The summed E-state index contributed by atoms with van der Waals surface area (Å²) in [5.74, 6) is -1.56. The predicted octanol–water partition coefficient (Wildman–Crippen LogP) is 1.43. The summed E-state index contributed by atoms with van der Waals surface area (Å²) in [5.41, 5.74) is 0.419. The maximum atomic E-state index is 11.6. The highest BCUT2D eigenvalue weighted by Crippen LogP contribution is 2.15. The van der Waals surface area contributed by atoms with Gasteiger partial charge in [-0.3, -0.25) is 4.79 Å². The van der Waals surface area contributed by atoms with Crippen LogP contribution in [0.15, 0.2) is 24.3 Å². The molecule has 1 aromatic carbocycles. The van der Waals surface area contributed by atoms with Crippen molar-refractivity contribution in [1.82, 2.24) is 0 Å². The number of rotatable bonds is 4. The number of carboxylic acids is 1. The number of aliphatic carboxylic acids is 1. The van der Waals surface area contributed by atoms with Gasteiger partial charge in [-0.2, -0.15) is 0 Å². The molecule has 0 aliphatic heterocycles. The van der Waals surface area contributed by atoms with Crippen molar-refractivity contribution in [2.75, 3.05) is 0 Å². The summed E-state index contributed by atoms with van der Waals surface area (Å²) in [6.45, 7) is 0. The van der Waals surface area contributed by atoms with Gasteiger partial charge in [-0.05, 0) is 24.3 Å². The zero-order valence-electron chi connectivity index (χ0n) is 7.57. The molecule has 0 fully saturated rings. The largest absolute Gasteiger partial charge is 0.550 e. The highest BCUT2D eigenvalue weighted by atomic mass is 79.9. The molecule has 0 spiro atoms. The maximum Gasteiger partial charge on any atom is 0.176 e. The number of hydrogen-bond donors (Lipinski definition) is 0. The molecule has 0 bridgehead atoms. The molecular weight excluding hydrogens is 283 g/mol. The average Bonchev–Trinajstić information content (AvgIpc) is 2.17. The summed E-state index contributed by atoms with van der Waals surface area (Å²) < 4.78 is 0. The van der Waals surface area contributed by atoms with E-state index in [1.165, 1.54) is 0 Å². The van der Waals surface area contributed by atoms with Crippen LogP contribution in [0.2, 0.25) is 5.02 Å². The molecule has 15 heavy (non-hydrogen) atoms. The van der Waals surface area contributed by atoms with Crippen LogP contribution in [0.5, 0.6) is 0 Å². The topological polar surface area (TPSA) is 57.2 Å². The third-order valence-electron chi connectivity index (χ3n) is 1.76. The first-order valence-electron chi connectivity index (χ1n) is 4.14. The lowest BCUT2D eigenvalue weighted by atomic mass is 10.1. The first kappa shape index (κ1) is 12.2. The Morgan fingerprint density at radius 3 is 2.33 bits per heavy atom. The molecule has 0 N–H and O–H groups in total. The van der Waals surface area contributed by atoms with Crippen LogP contribution < -0.4 is 5.11 Å². The van der Waals surface area contributed by atoms with E-state index in [9.17, 15) is 14.7 Å². The molecule has 0 amide bonds. The fraction of sp³-hybridized carbons (Fsp3) is 0.200. The summed E-state index contributed by atoms with van der Waals surface area (Å²) in [6.07, 6.45) is -0.346. The molecule has 0 saturated heterocycles. The van der Waals surface area contributed by atoms with Crippen LogP contribution in [0.4, 0.5) is 0 Å². The Hall–Kier alpha value is -0.870. The fourth-order valence-corrected chi connectivity index (χ4v) is 1.69. The van der Waals surface area contributed by atoms with Crippen molar-refractivity contribution < 1.29 is 14.7 Å². The minimum absolute atomic E-state index is 0.295. The molecule has 0 heterocycles. The van der Waals surface area contributed by atoms with E-state index in [0.29, 0.717) is 10.6 Å². The summed E-state index contributed by atoms with van der Waals surface area (Å²) >= 11 is 8.65. The Labute approximate surface area is 100 Å². The molecule has 0 radical (unpaired) electrons. The molecule has 0 aromatic heterocycles. The Balaban J connectivity index is 2.76. The van der Waals surface area contributed by atoms with Crippen LogP contribution >= 0.6 is 27.5 Å². The van der Waals surface area contributed by atoms with Crippen LogP contribution in [0.25, 0.3) is 0 Å². The fourth-order valence-electron chi connectivity index (χ4n) is 1.03. The van der Waals surface area contributed by atoms with Crippen molar-refractivity contribution in [3.05, 3.63) is 34.9 Å². The SMILES string of the molecule is O=C([O-])C[C@H](Br)C(=O)c1ccc(Cl)cc1. The van der Waals surface area contributed by atoms with E-state index in [2.05, 4.69) is 15.9 Å². The normalized spacial score (nSPS) is 12.1. The quantitative estimate of drug-likeness (QED) is 0.622. The van der Waals surface area contributed by atoms with E-state index >= 15 is 0 Å². The van der Waals surface area contributed by atoms with Gasteiger partial charge in [-0.25, -0.2) is 0 Å². The van der Waals surface area contributed by atoms with E-state index in [4.69, 9.17) is 11.6 Å². The molecule has 80 valence electrons. The van der Waals surface area contributed by atoms with Gasteiger partial charge in [-0.15, -0.1) is 0 Å². The minimum atomic E-state index is -1.26. The van der Waals surface area contributed by atoms with Gasteiger partial charge in [0.15, 0.2) is 5.78 Å². The van der Waals surface area contributed by atoms with E-state index in [0.717, 1.165) is 0 Å². The molecule has 1 atom stereocenters. The van der Waals surface area contributed by atoms with Crippen LogP contribution in [-0.4, -0.2) is 16.6 Å². The molecule has 1 rings (SSSR count). The van der Waals surface area contributed by atoms with Crippen LogP contribution in [0.3, 0.4) is 0 Å². The molecule has 0 aliphatic rings. The second kappa shape index (κ2) is 5.28. The van der Waals surface area contributed by atoms with E-state index < -0.39 is 10.8 Å². The standard InChI is InChI=1S/C10H8BrClO3/c11-8(5-9(13)14)10(15)6-1-3-7(12)4-2-6/h1-4,8H,5H2,(H,13,14)/p-1/t8-/m0/s1. The zero-order valence-corrected chi connectivity index (χ0v) is 9.92. The number of Topliss-reactive ketones (excluding diaryl/α,β-unsaturated/α-hetero) is 1. The van der Waals surface area contributed by atoms with Crippen molar-refractivity contribution in [3.63, 3.8) is 0 Å². The minimum Gasteiger partial charge on any atom is -0.550 e. The highest BCUT2D eigenvalue weighted by Gasteiger charge is 2.16. The number of halogens is 2. The van der Waals surface area contributed by atoms with Gasteiger partial charge < -0.3 is 9.90 Å².